The van der Waals surface area contributed by atoms with Gasteiger partial charge in [0.25, 0.3) is 0 Å². The third kappa shape index (κ3) is 1.98. The molecule has 0 aliphatic heterocycles. The van der Waals surface area contributed by atoms with Gasteiger partial charge in [0.2, 0.25) is 0 Å². The minimum absolute atomic E-state index is 0.525. The minimum atomic E-state index is 0.525. The fourth-order valence-electron chi connectivity index (χ4n) is 2.18. The Morgan fingerprint density at radius 3 is 2.75 bits per heavy atom. The molecule has 0 unspecified atom stereocenters. The summed E-state index contributed by atoms with van der Waals surface area (Å²) < 4.78 is 2.33. The zero-order valence-corrected chi connectivity index (χ0v) is 10.3. The fraction of sp³-hybridized carbons (Fsp3) is 0.429. The second-order valence-electron chi connectivity index (χ2n) is 4.52. The van der Waals surface area contributed by atoms with Crippen LogP contribution >= 0.6 is 0 Å². The zero-order valence-electron chi connectivity index (χ0n) is 10.3. The molecular weight excluding hydrogens is 196 g/mol. The van der Waals surface area contributed by atoms with Gasteiger partial charge in [-0.2, -0.15) is 0 Å². The summed E-state index contributed by atoms with van der Waals surface area (Å²) in [7, 11) is 2.00. The third-order valence-electron chi connectivity index (χ3n) is 3.05. The Morgan fingerprint density at radius 2 is 2.06 bits per heavy atom. The van der Waals surface area contributed by atoms with Gasteiger partial charge in [0.15, 0.2) is 0 Å². The first-order chi connectivity index (χ1) is 7.74. The summed E-state index contributed by atoms with van der Waals surface area (Å²) in [6.45, 7) is 5.48. The Kier molecular flexibility index (Phi) is 3.30. The highest BCUT2D eigenvalue weighted by Crippen LogP contribution is 2.23. The van der Waals surface area contributed by atoms with Gasteiger partial charge in [0, 0.05) is 23.1 Å². The van der Waals surface area contributed by atoms with E-state index < -0.39 is 0 Å². The maximum atomic E-state index is 3.20. The molecule has 0 saturated carbocycles. The number of rotatable bonds is 4. The minimum Gasteiger partial charge on any atom is -0.345 e. The summed E-state index contributed by atoms with van der Waals surface area (Å²) in [5.41, 5.74) is 2.79. The van der Waals surface area contributed by atoms with E-state index in [0.29, 0.717) is 6.04 Å². The molecule has 0 fully saturated rings. The summed E-state index contributed by atoms with van der Waals surface area (Å²) in [5, 5.41) is 4.60. The second kappa shape index (κ2) is 4.71. The molecule has 0 spiro atoms. The van der Waals surface area contributed by atoms with E-state index in [0.717, 1.165) is 13.0 Å². The molecule has 0 saturated heterocycles. The van der Waals surface area contributed by atoms with Crippen molar-refractivity contribution in [3.63, 3.8) is 0 Å². The van der Waals surface area contributed by atoms with Crippen LogP contribution in [-0.4, -0.2) is 18.2 Å². The van der Waals surface area contributed by atoms with Crippen molar-refractivity contribution in [2.75, 3.05) is 13.6 Å². The molecule has 86 valence electrons. The molecule has 2 aromatic rings. The molecular formula is C14H20N2. The molecule has 0 aliphatic carbocycles. The van der Waals surface area contributed by atoms with Gasteiger partial charge >= 0.3 is 0 Å². The summed E-state index contributed by atoms with van der Waals surface area (Å²) in [6.07, 6.45) is 3.29. The van der Waals surface area contributed by atoms with Crippen LogP contribution in [0.15, 0.2) is 30.5 Å². The van der Waals surface area contributed by atoms with E-state index in [-0.39, 0.29) is 0 Å². The van der Waals surface area contributed by atoms with Gasteiger partial charge in [-0.25, -0.2) is 0 Å². The summed E-state index contributed by atoms with van der Waals surface area (Å²) in [4.78, 5) is 0. The van der Waals surface area contributed by atoms with Crippen LogP contribution in [0.25, 0.3) is 10.9 Å². The van der Waals surface area contributed by atoms with Crippen molar-refractivity contribution in [1.29, 1.82) is 0 Å². The molecule has 0 atom stereocenters. The van der Waals surface area contributed by atoms with E-state index in [9.17, 15) is 0 Å². The molecule has 1 N–H and O–H groups in total. The van der Waals surface area contributed by atoms with Crippen molar-refractivity contribution in [2.24, 2.45) is 0 Å². The van der Waals surface area contributed by atoms with Crippen LogP contribution in [0.5, 0.6) is 0 Å². The van der Waals surface area contributed by atoms with Crippen LogP contribution in [0, 0.1) is 0 Å². The lowest BCUT2D eigenvalue weighted by Crippen LogP contribution is -2.10. The molecule has 0 aliphatic rings. The number of aromatic nitrogens is 1. The molecule has 1 aromatic carbocycles. The van der Waals surface area contributed by atoms with Gasteiger partial charge in [0.1, 0.15) is 0 Å². The Bertz CT molecular complexity index is 469. The van der Waals surface area contributed by atoms with Crippen molar-refractivity contribution in [2.45, 2.75) is 26.3 Å². The molecule has 16 heavy (non-hydrogen) atoms. The maximum Gasteiger partial charge on any atom is 0.0485 e. The number of likely N-dealkylation sites (N-methyl/N-ethyl adjacent to an activating group) is 1. The third-order valence-corrected chi connectivity index (χ3v) is 3.05. The Hall–Kier alpha value is -1.28. The van der Waals surface area contributed by atoms with Crippen molar-refractivity contribution >= 4 is 10.9 Å². The normalized spacial score (nSPS) is 11.5. The number of benzene rings is 1. The van der Waals surface area contributed by atoms with Crippen LogP contribution in [0.3, 0.4) is 0 Å². The summed E-state index contributed by atoms with van der Waals surface area (Å²) in [5.74, 6) is 0. The van der Waals surface area contributed by atoms with Crippen molar-refractivity contribution in [3.8, 4) is 0 Å². The standard InChI is InChI=1S/C14H20N2/c1-11(2)16-10-8-13-12(7-9-15-3)5-4-6-14(13)16/h4-6,8,10-11,15H,7,9H2,1-3H3. The Morgan fingerprint density at radius 1 is 1.25 bits per heavy atom. The van der Waals surface area contributed by atoms with Gasteiger partial charge in [-0.05, 0) is 51.6 Å². The summed E-state index contributed by atoms with van der Waals surface area (Å²) >= 11 is 0. The van der Waals surface area contributed by atoms with Crippen LogP contribution in [0.2, 0.25) is 0 Å². The predicted molar refractivity (Wildman–Crippen MR) is 70.0 cm³/mol. The van der Waals surface area contributed by atoms with Gasteiger partial charge < -0.3 is 9.88 Å². The molecule has 2 rings (SSSR count). The SMILES string of the molecule is CNCCc1cccc2c1ccn2C(C)C. The van der Waals surface area contributed by atoms with E-state index in [2.05, 4.69) is 54.2 Å². The monoisotopic (exact) mass is 216 g/mol. The van der Waals surface area contributed by atoms with Gasteiger partial charge in [-0.3, -0.25) is 0 Å². The van der Waals surface area contributed by atoms with Crippen molar-refractivity contribution in [3.05, 3.63) is 36.0 Å². The molecule has 2 heteroatoms. The van der Waals surface area contributed by atoms with Gasteiger partial charge in [-0.1, -0.05) is 12.1 Å². The summed E-state index contributed by atoms with van der Waals surface area (Å²) in [6, 6.07) is 9.35. The molecule has 2 nitrogen and oxygen atoms in total. The smallest absolute Gasteiger partial charge is 0.0485 e. The van der Waals surface area contributed by atoms with Crippen LogP contribution in [-0.2, 0) is 6.42 Å². The highest BCUT2D eigenvalue weighted by molar-refractivity contribution is 5.83. The van der Waals surface area contributed by atoms with Crippen LogP contribution < -0.4 is 5.32 Å². The highest BCUT2D eigenvalue weighted by atomic mass is 15.0. The lowest BCUT2D eigenvalue weighted by atomic mass is 10.1. The van der Waals surface area contributed by atoms with E-state index in [1.54, 1.807) is 0 Å². The lowest BCUT2D eigenvalue weighted by Gasteiger charge is -2.10. The first-order valence-corrected chi connectivity index (χ1v) is 5.97. The lowest BCUT2D eigenvalue weighted by molar-refractivity contribution is 0.623. The maximum absolute atomic E-state index is 3.20. The number of hydrogen-bond donors (Lipinski definition) is 1. The Labute approximate surface area is 97.3 Å². The van der Waals surface area contributed by atoms with Crippen molar-refractivity contribution < 1.29 is 0 Å². The van der Waals surface area contributed by atoms with E-state index in [4.69, 9.17) is 0 Å². The van der Waals surface area contributed by atoms with E-state index in [1.807, 2.05) is 7.05 Å². The molecule has 1 heterocycles. The van der Waals surface area contributed by atoms with Crippen molar-refractivity contribution in [1.82, 2.24) is 9.88 Å². The van der Waals surface area contributed by atoms with E-state index >= 15 is 0 Å². The van der Waals surface area contributed by atoms with Crippen LogP contribution in [0.4, 0.5) is 0 Å². The average Bonchev–Trinajstić information content (AvgIpc) is 2.70. The molecule has 1 aromatic heterocycles. The number of hydrogen-bond acceptors (Lipinski definition) is 1. The quantitative estimate of drug-likeness (QED) is 0.831. The molecule has 0 amide bonds. The number of fused-ring (bicyclic) bond motifs is 1. The first kappa shape index (κ1) is 11.2. The molecule has 0 radical (unpaired) electrons. The van der Waals surface area contributed by atoms with Gasteiger partial charge in [0.05, 0.1) is 0 Å². The number of nitrogens with zero attached hydrogens (tertiary/aromatic N) is 1. The van der Waals surface area contributed by atoms with E-state index in [1.165, 1.54) is 16.5 Å². The van der Waals surface area contributed by atoms with Crippen LogP contribution in [0.1, 0.15) is 25.5 Å². The fourth-order valence-corrected chi connectivity index (χ4v) is 2.18. The molecule has 0 bridgehead atoms. The highest BCUT2D eigenvalue weighted by Gasteiger charge is 2.06. The largest absolute Gasteiger partial charge is 0.345 e. The number of nitrogens with one attached hydrogen (secondary N) is 1. The second-order valence-corrected chi connectivity index (χ2v) is 4.52. The topological polar surface area (TPSA) is 17.0 Å². The van der Waals surface area contributed by atoms with Gasteiger partial charge in [-0.15, -0.1) is 0 Å². The Balaban J connectivity index is 2.45. The first-order valence-electron chi connectivity index (χ1n) is 5.97. The predicted octanol–water partition coefficient (Wildman–Crippen LogP) is 2.98. The average molecular weight is 216 g/mol. The zero-order chi connectivity index (χ0) is 11.5.